The van der Waals surface area contributed by atoms with Crippen molar-refractivity contribution in [2.24, 2.45) is 5.92 Å². The van der Waals surface area contributed by atoms with Crippen molar-refractivity contribution in [3.05, 3.63) is 23.1 Å². The number of pyridine rings is 1. The van der Waals surface area contributed by atoms with Gasteiger partial charge in [0.05, 0.1) is 5.02 Å². The van der Waals surface area contributed by atoms with E-state index in [0.717, 1.165) is 6.42 Å². The molecule has 0 aromatic carbocycles. The number of rotatable bonds is 4. The van der Waals surface area contributed by atoms with E-state index in [1.54, 1.807) is 0 Å². The van der Waals surface area contributed by atoms with E-state index in [9.17, 15) is 4.39 Å². The van der Waals surface area contributed by atoms with Gasteiger partial charge in [-0.3, -0.25) is 0 Å². The van der Waals surface area contributed by atoms with Gasteiger partial charge in [0.1, 0.15) is 0 Å². The molecule has 15 heavy (non-hydrogen) atoms. The third-order valence-corrected chi connectivity index (χ3v) is 2.58. The standard InChI is InChI=1S/C11H16ClFN2/c1-4-10(7(2)3)15-11-9(13)5-8(12)6-14-11/h5-7,10H,4H2,1-3H3,(H,14,15). The second-order valence-corrected chi connectivity index (χ2v) is 4.32. The minimum Gasteiger partial charge on any atom is -0.365 e. The lowest BCUT2D eigenvalue weighted by atomic mass is 10.0. The molecule has 1 rings (SSSR count). The topological polar surface area (TPSA) is 24.9 Å². The van der Waals surface area contributed by atoms with Crippen LogP contribution in [0.25, 0.3) is 0 Å². The van der Waals surface area contributed by atoms with E-state index in [-0.39, 0.29) is 11.9 Å². The van der Waals surface area contributed by atoms with Crippen molar-refractivity contribution in [2.75, 3.05) is 5.32 Å². The number of nitrogens with zero attached hydrogens (tertiary/aromatic N) is 1. The molecule has 4 heteroatoms. The SMILES string of the molecule is CCC(Nc1ncc(Cl)cc1F)C(C)C. The van der Waals surface area contributed by atoms with Gasteiger partial charge in [-0.1, -0.05) is 32.4 Å². The third kappa shape index (κ3) is 3.34. The number of halogens is 2. The fraction of sp³-hybridized carbons (Fsp3) is 0.545. The van der Waals surface area contributed by atoms with Gasteiger partial charge in [0.25, 0.3) is 0 Å². The van der Waals surface area contributed by atoms with Crippen LogP contribution >= 0.6 is 11.6 Å². The van der Waals surface area contributed by atoms with E-state index >= 15 is 0 Å². The molecule has 0 saturated carbocycles. The Morgan fingerprint density at radius 2 is 2.20 bits per heavy atom. The summed E-state index contributed by atoms with van der Waals surface area (Å²) in [6.07, 6.45) is 2.38. The van der Waals surface area contributed by atoms with Gasteiger partial charge in [0.2, 0.25) is 0 Å². The summed E-state index contributed by atoms with van der Waals surface area (Å²) in [6.45, 7) is 6.25. The number of hydrogen-bond donors (Lipinski definition) is 1. The van der Waals surface area contributed by atoms with E-state index in [0.29, 0.717) is 10.9 Å². The van der Waals surface area contributed by atoms with Crippen LogP contribution in [0.2, 0.25) is 5.02 Å². The van der Waals surface area contributed by atoms with E-state index in [1.165, 1.54) is 12.3 Å². The quantitative estimate of drug-likeness (QED) is 0.853. The van der Waals surface area contributed by atoms with Gasteiger partial charge in [0, 0.05) is 12.2 Å². The van der Waals surface area contributed by atoms with Crippen LogP contribution in [0, 0.1) is 11.7 Å². The van der Waals surface area contributed by atoms with E-state index in [4.69, 9.17) is 11.6 Å². The molecule has 0 fully saturated rings. The first-order valence-electron chi connectivity index (χ1n) is 5.12. The average Bonchev–Trinajstić information content (AvgIpc) is 2.16. The van der Waals surface area contributed by atoms with Gasteiger partial charge in [-0.05, 0) is 18.4 Å². The van der Waals surface area contributed by atoms with Gasteiger partial charge >= 0.3 is 0 Å². The summed E-state index contributed by atoms with van der Waals surface area (Å²) in [4.78, 5) is 3.93. The van der Waals surface area contributed by atoms with Gasteiger partial charge in [-0.2, -0.15) is 0 Å². The highest BCUT2D eigenvalue weighted by Gasteiger charge is 2.13. The van der Waals surface area contributed by atoms with Crippen molar-refractivity contribution < 1.29 is 4.39 Å². The molecule has 0 radical (unpaired) electrons. The number of nitrogens with one attached hydrogen (secondary N) is 1. The van der Waals surface area contributed by atoms with Crippen LogP contribution in [0.3, 0.4) is 0 Å². The molecule has 1 aromatic rings. The highest BCUT2D eigenvalue weighted by Crippen LogP contribution is 2.19. The molecule has 0 aliphatic carbocycles. The largest absolute Gasteiger partial charge is 0.365 e. The molecule has 1 aromatic heterocycles. The molecular formula is C11H16ClFN2. The molecular weight excluding hydrogens is 215 g/mol. The van der Waals surface area contributed by atoms with Gasteiger partial charge in [0.15, 0.2) is 11.6 Å². The Bertz CT molecular complexity index is 328. The molecule has 0 amide bonds. The number of anilines is 1. The molecule has 1 N–H and O–H groups in total. The maximum Gasteiger partial charge on any atom is 0.166 e. The van der Waals surface area contributed by atoms with E-state index in [2.05, 4.69) is 31.1 Å². The van der Waals surface area contributed by atoms with Gasteiger partial charge < -0.3 is 5.32 Å². The minimum absolute atomic E-state index is 0.230. The fourth-order valence-electron chi connectivity index (χ4n) is 1.44. The Kier molecular flexibility index (Phi) is 4.33. The zero-order chi connectivity index (χ0) is 11.4. The van der Waals surface area contributed by atoms with Gasteiger partial charge in [-0.15, -0.1) is 0 Å². The van der Waals surface area contributed by atoms with Gasteiger partial charge in [-0.25, -0.2) is 9.37 Å². The lowest BCUT2D eigenvalue weighted by Crippen LogP contribution is -2.25. The monoisotopic (exact) mass is 230 g/mol. The first-order chi connectivity index (χ1) is 7.04. The molecule has 1 atom stereocenters. The molecule has 2 nitrogen and oxygen atoms in total. The van der Waals surface area contributed by atoms with Crippen LogP contribution < -0.4 is 5.32 Å². The molecule has 0 spiro atoms. The van der Waals surface area contributed by atoms with Crippen molar-refractivity contribution in [1.82, 2.24) is 4.98 Å². The van der Waals surface area contributed by atoms with Crippen molar-refractivity contribution in [3.8, 4) is 0 Å². The smallest absolute Gasteiger partial charge is 0.166 e. The summed E-state index contributed by atoms with van der Waals surface area (Å²) in [7, 11) is 0. The Morgan fingerprint density at radius 1 is 1.53 bits per heavy atom. The fourth-order valence-corrected chi connectivity index (χ4v) is 1.58. The van der Waals surface area contributed by atoms with Crippen molar-refractivity contribution in [2.45, 2.75) is 33.2 Å². The summed E-state index contributed by atoms with van der Waals surface area (Å²) in [5, 5.41) is 3.39. The van der Waals surface area contributed by atoms with E-state index < -0.39 is 5.82 Å². The molecule has 1 unspecified atom stereocenters. The summed E-state index contributed by atoms with van der Waals surface area (Å²) in [5.74, 6) is 0.313. The lowest BCUT2D eigenvalue weighted by Gasteiger charge is -2.21. The third-order valence-electron chi connectivity index (χ3n) is 2.37. The minimum atomic E-state index is -0.401. The number of hydrogen-bond acceptors (Lipinski definition) is 2. The van der Waals surface area contributed by atoms with Crippen molar-refractivity contribution >= 4 is 17.4 Å². The zero-order valence-corrected chi connectivity index (χ0v) is 9.98. The zero-order valence-electron chi connectivity index (χ0n) is 9.22. The first kappa shape index (κ1) is 12.2. The van der Waals surface area contributed by atoms with Crippen molar-refractivity contribution in [3.63, 3.8) is 0 Å². The molecule has 84 valence electrons. The predicted molar refractivity (Wildman–Crippen MR) is 61.7 cm³/mol. The lowest BCUT2D eigenvalue weighted by molar-refractivity contribution is 0.504. The first-order valence-corrected chi connectivity index (χ1v) is 5.50. The Hall–Kier alpha value is -0.830. The Morgan fingerprint density at radius 3 is 2.67 bits per heavy atom. The van der Waals surface area contributed by atoms with Crippen molar-refractivity contribution in [1.29, 1.82) is 0 Å². The molecule has 0 aliphatic rings. The molecule has 1 heterocycles. The van der Waals surface area contributed by atoms with Crippen LogP contribution in [0.4, 0.5) is 10.2 Å². The van der Waals surface area contributed by atoms with Crippen LogP contribution in [0.1, 0.15) is 27.2 Å². The highest BCUT2D eigenvalue weighted by molar-refractivity contribution is 6.30. The van der Waals surface area contributed by atoms with Crippen LogP contribution in [0.15, 0.2) is 12.3 Å². The maximum absolute atomic E-state index is 13.4. The Labute approximate surface area is 94.9 Å². The van der Waals surface area contributed by atoms with E-state index in [1.807, 2.05) is 0 Å². The maximum atomic E-state index is 13.4. The molecule has 0 aliphatic heterocycles. The highest BCUT2D eigenvalue weighted by atomic mass is 35.5. The normalized spacial score (nSPS) is 12.9. The van der Waals surface area contributed by atoms with Crippen LogP contribution in [-0.4, -0.2) is 11.0 Å². The summed E-state index contributed by atoms with van der Waals surface area (Å²) in [5.41, 5.74) is 0. The summed E-state index contributed by atoms with van der Waals surface area (Å²) >= 11 is 5.62. The summed E-state index contributed by atoms with van der Waals surface area (Å²) < 4.78 is 13.4. The Balaban J connectivity index is 2.79. The number of aromatic nitrogens is 1. The second-order valence-electron chi connectivity index (χ2n) is 3.89. The van der Waals surface area contributed by atoms with Crippen LogP contribution in [0.5, 0.6) is 0 Å². The summed E-state index contributed by atoms with van der Waals surface area (Å²) in [6, 6.07) is 1.50. The molecule has 0 bridgehead atoms. The average molecular weight is 231 g/mol. The second kappa shape index (κ2) is 5.31. The van der Waals surface area contributed by atoms with Crippen LogP contribution in [-0.2, 0) is 0 Å². The predicted octanol–water partition coefficient (Wildman–Crippen LogP) is 3.72. The molecule has 0 saturated heterocycles.